The molecular weight excluding hydrogens is 228 g/mol. The molecule has 0 aliphatic heterocycles. The summed E-state index contributed by atoms with van der Waals surface area (Å²) >= 11 is 0. The Morgan fingerprint density at radius 2 is 1.89 bits per heavy atom. The molecule has 3 heteroatoms. The Kier molecular flexibility index (Phi) is 2.42. The molecule has 18 heavy (non-hydrogen) atoms. The third-order valence-electron chi connectivity index (χ3n) is 4.42. The first-order valence-corrected chi connectivity index (χ1v) is 6.28. The van der Waals surface area contributed by atoms with Gasteiger partial charge in [-0.15, -0.1) is 0 Å². The van der Waals surface area contributed by atoms with Crippen molar-refractivity contribution >= 4 is 6.08 Å². The summed E-state index contributed by atoms with van der Waals surface area (Å²) in [6.07, 6.45) is 5.22. The van der Waals surface area contributed by atoms with Crippen LogP contribution in [0.3, 0.4) is 0 Å². The van der Waals surface area contributed by atoms with Crippen molar-refractivity contribution < 1.29 is 14.6 Å². The molecule has 0 aromatic heterocycles. The molecule has 96 valence electrons. The van der Waals surface area contributed by atoms with Crippen LogP contribution in [0, 0.1) is 11.8 Å². The average molecular weight is 246 g/mol. The quantitative estimate of drug-likeness (QED) is 0.871. The second-order valence-corrected chi connectivity index (χ2v) is 5.22. The van der Waals surface area contributed by atoms with E-state index in [1.165, 1.54) is 0 Å². The van der Waals surface area contributed by atoms with Gasteiger partial charge in [-0.2, -0.15) is 0 Å². The van der Waals surface area contributed by atoms with Crippen LogP contribution < -0.4 is 9.47 Å². The lowest BCUT2D eigenvalue weighted by molar-refractivity contribution is -0.134. The number of methoxy groups -OCH3 is 2. The second-order valence-electron chi connectivity index (χ2n) is 5.22. The van der Waals surface area contributed by atoms with Gasteiger partial charge in [-0.1, -0.05) is 19.1 Å². The predicted molar refractivity (Wildman–Crippen MR) is 69.7 cm³/mol. The van der Waals surface area contributed by atoms with Gasteiger partial charge in [-0.05, 0) is 35.6 Å². The van der Waals surface area contributed by atoms with Gasteiger partial charge in [-0.3, -0.25) is 0 Å². The highest BCUT2D eigenvalue weighted by Crippen LogP contribution is 2.56. The zero-order valence-corrected chi connectivity index (χ0v) is 10.9. The number of aliphatic hydroxyl groups is 1. The van der Waals surface area contributed by atoms with Crippen LogP contribution >= 0.6 is 0 Å². The molecule has 1 fully saturated rings. The fraction of sp³-hybridized carbons (Fsp3) is 0.467. The molecule has 2 aliphatic rings. The average Bonchev–Trinajstić information content (AvgIpc) is 2.40. The topological polar surface area (TPSA) is 38.7 Å². The maximum absolute atomic E-state index is 10.9. The maximum Gasteiger partial charge on any atom is 0.161 e. The van der Waals surface area contributed by atoms with Gasteiger partial charge in [0.2, 0.25) is 0 Å². The van der Waals surface area contributed by atoms with E-state index in [4.69, 9.17) is 9.47 Å². The SMILES string of the molecule is COc1cc2c(cc1OC)C1(O)C(C)CC1C=C2. The minimum Gasteiger partial charge on any atom is -0.493 e. The normalized spacial score (nSPS) is 32.2. The fourth-order valence-electron chi connectivity index (χ4n) is 3.23. The smallest absolute Gasteiger partial charge is 0.161 e. The number of benzene rings is 1. The lowest BCUT2D eigenvalue weighted by atomic mass is 9.56. The summed E-state index contributed by atoms with van der Waals surface area (Å²) in [5.41, 5.74) is 1.26. The van der Waals surface area contributed by atoms with E-state index in [0.717, 1.165) is 17.5 Å². The summed E-state index contributed by atoms with van der Waals surface area (Å²) < 4.78 is 10.6. The van der Waals surface area contributed by atoms with E-state index in [0.29, 0.717) is 11.5 Å². The number of rotatable bonds is 2. The Morgan fingerprint density at radius 1 is 1.22 bits per heavy atom. The molecule has 0 amide bonds. The van der Waals surface area contributed by atoms with E-state index >= 15 is 0 Å². The number of ether oxygens (including phenoxy) is 2. The number of hydrogen-bond donors (Lipinski definition) is 1. The molecule has 2 aliphatic carbocycles. The van der Waals surface area contributed by atoms with Crippen LogP contribution in [0.4, 0.5) is 0 Å². The summed E-state index contributed by atoms with van der Waals surface area (Å²) in [6, 6.07) is 3.85. The van der Waals surface area contributed by atoms with Crippen molar-refractivity contribution in [2.75, 3.05) is 14.2 Å². The first kappa shape index (κ1) is 11.6. The molecule has 1 N–H and O–H groups in total. The van der Waals surface area contributed by atoms with Crippen LogP contribution in [0.2, 0.25) is 0 Å². The zero-order chi connectivity index (χ0) is 12.9. The van der Waals surface area contributed by atoms with Gasteiger partial charge < -0.3 is 14.6 Å². The Hall–Kier alpha value is -1.48. The van der Waals surface area contributed by atoms with E-state index in [2.05, 4.69) is 19.1 Å². The fourth-order valence-corrected chi connectivity index (χ4v) is 3.23. The highest BCUT2D eigenvalue weighted by atomic mass is 16.5. The molecule has 0 radical (unpaired) electrons. The first-order valence-electron chi connectivity index (χ1n) is 6.28. The molecule has 0 heterocycles. The minimum atomic E-state index is -0.733. The van der Waals surface area contributed by atoms with Crippen molar-refractivity contribution in [3.8, 4) is 11.5 Å². The highest BCUT2D eigenvalue weighted by Gasteiger charge is 2.53. The van der Waals surface area contributed by atoms with Gasteiger partial charge in [0.25, 0.3) is 0 Å². The molecule has 0 spiro atoms. The molecule has 1 aromatic carbocycles. The minimum absolute atomic E-state index is 0.234. The lowest BCUT2D eigenvalue weighted by Gasteiger charge is -2.52. The zero-order valence-electron chi connectivity index (χ0n) is 10.9. The van der Waals surface area contributed by atoms with Crippen molar-refractivity contribution in [1.29, 1.82) is 0 Å². The van der Waals surface area contributed by atoms with E-state index in [1.807, 2.05) is 12.1 Å². The Balaban J connectivity index is 2.18. The summed E-state index contributed by atoms with van der Waals surface area (Å²) in [4.78, 5) is 0. The lowest BCUT2D eigenvalue weighted by Crippen LogP contribution is -2.52. The standard InChI is InChI=1S/C15H18O3/c1-9-6-11-5-4-10-7-13(17-2)14(18-3)8-12(10)15(9,11)16/h4-5,7-9,11,16H,6H2,1-3H3. The largest absolute Gasteiger partial charge is 0.493 e. The van der Waals surface area contributed by atoms with Crippen LogP contribution in [-0.4, -0.2) is 19.3 Å². The molecule has 3 unspecified atom stereocenters. The van der Waals surface area contributed by atoms with Crippen LogP contribution in [0.5, 0.6) is 11.5 Å². The molecule has 0 saturated heterocycles. The second kappa shape index (κ2) is 3.75. The number of fused-ring (bicyclic) bond motifs is 3. The van der Waals surface area contributed by atoms with Crippen molar-refractivity contribution in [2.24, 2.45) is 11.8 Å². The molecule has 1 saturated carbocycles. The third kappa shape index (κ3) is 1.28. The predicted octanol–water partition coefficient (Wildman–Crippen LogP) is 2.57. The molecule has 3 atom stereocenters. The van der Waals surface area contributed by atoms with Gasteiger partial charge in [-0.25, -0.2) is 0 Å². The van der Waals surface area contributed by atoms with Crippen LogP contribution in [0.1, 0.15) is 24.5 Å². The van der Waals surface area contributed by atoms with Gasteiger partial charge >= 0.3 is 0 Å². The van der Waals surface area contributed by atoms with E-state index in [1.54, 1.807) is 14.2 Å². The first-order chi connectivity index (χ1) is 8.61. The Morgan fingerprint density at radius 3 is 2.50 bits per heavy atom. The van der Waals surface area contributed by atoms with E-state index in [9.17, 15) is 5.11 Å². The van der Waals surface area contributed by atoms with Crippen molar-refractivity contribution in [2.45, 2.75) is 18.9 Å². The van der Waals surface area contributed by atoms with E-state index < -0.39 is 5.60 Å². The van der Waals surface area contributed by atoms with Crippen molar-refractivity contribution in [1.82, 2.24) is 0 Å². The van der Waals surface area contributed by atoms with Crippen molar-refractivity contribution in [3.05, 3.63) is 29.3 Å². The monoisotopic (exact) mass is 246 g/mol. The van der Waals surface area contributed by atoms with Crippen LogP contribution in [-0.2, 0) is 5.60 Å². The molecular formula is C15H18O3. The third-order valence-corrected chi connectivity index (χ3v) is 4.42. The molecule has 3 nitrogen and oxygen atoms in total. The van der Waals surface area contributed by atoms with E-state index in [-0.39, 0.29) is 11.8 Å². The van der Waals surface area contributed by atoms with Gasteiger partial charge in [0.1, 0.15) is 0 Å². The Labute approximate surface area is 107 Å². The van der Waals surface area contributed by atoms with Crippen LogP contribution in [0.15, 0.2) is 18.2 Å². The Bertz CT molecular complexity index is 521. The summed E-state index contributed by atoms with van der Waals surface area (Å²) in [6.45, 7) is 2.09. The summed E-state index contributed by atoms with van der Waals surface area (Å²) in [5.74, 6) is 1.90. The highest BCUT2D eigenvalue weighted by molar-refractivity contribution is 5.65. The van der Waals surface area contributed by atoms with Crippen LogP contribution in [0.25, 0.3) is 6.08 Å². The summed E-state index contributed by atoms with van der Waals surface area (Å²) in [7, 11) is 3.24. The molecule has 1 aromatic rings. The van der Waals surface area contributed by atoms with Gasteiger partial charge in [0.05, 0.1) is 19.8 Å². The summed E-state index contributed by atoms with van der Waals surface area (Å²) in [5, 5.41) is 10.9. The molecule has 0 bridgehead atoms. The van der Waals surface area contributed by atoms with Gasteiger partial charge in [0.15, 0.2) is 11.5 Å². The maximum atomic E-state index is 10.9. The number of hydrogen-bond acceptors (Lipinski definition) is 3. The van der Waals surface area contributed by atoms with Crippen molar-refractivity contribution in [3.63, 3.8) is 0 Å². The van der Waals surface area contributed by atoms with Gasteiger partial charge in [0, 0.05) is 5.92 Å². The molecule has 3 rings (SSSR count).